The molecule has 0 aromatic heterocycles. The Balaban J connectivity index is 1.87. The van der Waals surface area contributed by atoms with Crippen LogP contribution in [0.4, 0.5) is 0 Å². The fourth-order valence-corrected chi connectivity index (χ4v) is 2.18. The van der Waals surface area contributed by atoms with Gasteiger partial charge < -0.3 is 15.8 Å². The highest BCUT2D eigenvalue weighted by molar-refractivity contribution is 5.22. The van der Waals surface area contributed by atoms with Crippen LogP contribution in [0.5, 0.6) is 0 Å². The third-order valence-corrected chi connectivity index (χ3v) is 3.42. The molecule has 0 bridgehead atoms. The smallest absolute Gasteiger partial charge is 0.0645 e. The maximum Gasteiger partial charge on any atom is 0.0645 e. The van der Waals surface area contributed by atoms with E-state index in [4.69, 9.17) is 10.5 Å². The Labute approximate surface area is 103 Å². The van der Waals surface area contributed by atoms with Gasteiger partial charge in [0, 0.05) is 25.2 Å². The average molecular weight is 234 g/mol. The molecule has 0 amide bonds. The largest absolute Gasteiger partial charge is 0.380 e. The maximum atomic E-state index is 5.58. The van der Waals surface area contributed by atoms with Crippen LogP contribution in [-0.2, 0) is 17.8 Å². The molecule has 1 heterocycles. The molecule has 1 aliphatic heterocycles. The van der Waals surface area contributed by atoms with Gasteiger partial charge in [-0.15, -0.1) is 0 Å². The normalized spacial score (nSPS) is 24.8. The number of benzene rings is 1. The van der Waals surface area contributed by atoms with Gasteiger partial charge in [-0.25, -0.2) is 0 Å². The zero-order valence-corrected chi connectivity index (χ0v) is 10.5. The van der Waals surface area contributed by atoms with Crippen molar-refractivity contribution in [2.45, 2.75) is 38.4 Å². The first-order chi connectivity index (χ1) is 8.22. The summed E-state index contributed by atoms with van der Waals surface area (Å²) in [6.07, 6.45) is 2.34. The van der Waals surface area contributed by atoms with Crippen molar-refractivity contribution in [1.29, 1.82) is 0 Å². The molecule has 17 heavy (non-hydrogen) atoms. The third kappa shape index (κ3) is 3.53. The topological polar surface area (TPSA) is 47.3 Å². The summed E-state index contributed by atoms with van der Waals surface area (Å²) < 4.78 is 5.53. The van der Waals surface area contributed by atoms with Gasteiger partial charge in [-0.3, -0.25) is 0 Å². The van der Waals surface area contributed by atoms with Crippen LogP contribution in [0.3, 0.4) is 0 Å². The molecule has 1 unspecified atom stereocenters. The summed E-state index contributed by atoms with van der Waals surface area (Å²) in [6.45, 7) is 5.46. The molecule has 0 spiro atoms. The fraction of sp³-hybridized carbons (Fsp3) is 0.571. The van der Waals surface area contributed by atoms with Crippen molar-refractivity contribution < 1.29 is 4.74 Å². The van der Waals surface area contributed by atoms with Crippen molar-refractivity contribution in [3.8, 4) is 0 Å². The molecular weight excluding hydrogens is 212 g/mol. The summed E-state index contributed by atoms with van der Waals surface area (Å²) in [5, 5.41) is 3.60. The van der Waals surface area contributed by atoms with E-state index >= 15 is 0 Å². The fourth-order valence-electron chi connectivity index (χ4n) is 2.18. The lowest BCUT2D eigenvalue weighted by atomic mass is 9.94. The zero-order chi connectivity index (χ0) is 12.1. The first kappa shape index (κ1) is 12.6. The molecule has 1 fully saturated rings. The van der Waals surface area contributed by atoms with E-state index in [9.17, 15) is 0 Å². The van der Waals surface area contributed by atoms with Crippen LogP contribution >= 0.6 is 0 Å². The second kappa shape index (κ2) is 5.63. The van der Waals surface area contributed by atoms with Crippen LogP contribution < -0.4 is 11.1 Å². The lowest BCUT2D eigenvalue weighted by molar-refractivity contribution is 0.0278. The molecule has 1 aromatic rings. The van der Waals surface area contributed by atoms with Gasteiger partial charge in [-0.05, 0) is 30.9 Å². The SMILES string of the molecule is CC1(NCc2ccc(CN)cc2)CCCOC1. The Morgan fingerprint density at radius 3 is 2.59 bits per heavy atom. The summed E-state index contributed by atoms with van der Waals surface area (Å²) >= 11 is 0. The second-order valence-electron chi connectivity index (χ2n) is 5.09. The third-order valence-electron chi connectivity index (χ3n) is 3.42. The molecule has 1 saturated heterocycles. The molecule has 1 atom stereocenters. The molecule has 3 nitrogen and oxygen atoms in total. The molecule has 0 radical (unpaired) electrons. The quantitative estimate of drug-likeness (QED) is 0.835. The van der Waals surface area contributed by atoms with Gasteiger partial charge in [-0.2, -0.15) is 0 Å². The second-order valence-corrected chi connectivity index (χ2v) is 5.09. The summed E-state index contributed by atoms with van der Waals surface area (Å²) in [5.74, 6) is 0. The standard InChI is InChI=1S/C14H22N2O/c1-14(7-2-8-17-11-14)16-10-13-5-3-12(9-15)4-6-13/h3-6,16H,2,7-11,15H2,1H3. The van der Waals surface area contributed by atoms with Crippen molar-refractivity contribution in [3.63, 3.8) is 0 Å². The lowest BCUT2D eigenvalue weighted by Gasteiger charge is -2.34. The first-order valence-electron chi connectivity index (χ1n) is 6.32. The van der Waals surface area contributed by atoms with Crippen molar-refractivity contribution in [2.75, 3.05) is 13.2 Å². The van der Waals surface area contributed by atoms with Gasteiger partial charge in [0.1, 0.15) is 0 Å². The van der Waals surface area contributed by atoms with Crippen LogP contribution in [-0.4, -0.2) is 18.8 Å². The Morgan fingerprint density at radius 1 is 1.29 bits per heavy atom. The molecule has 3 heteroatoms. The highest BCUT2D eigenvalue weighted by Crippen LogP contribution is 2.19. The summed E-state index contributed by atoms with van der Waals surface area (Å²) in [6, 6.07) is 8.47. The highest BCUT2D eigenvalue weighted by atomic mass is 16.5. The highest BCUT2D eigenvalue weighted by Gasteiger charge is 2.26. The number of hydrogen-bond acceptors (Lipinski definition) is 3. The number of nitrogens with two attached hydrogens (primary N) is 1. The molecular formula is C14H22N2O. The van der Waals surface area contributed by atoms with E-state index in [0.29, 0.717) is 6.54 Å². The number of ether oxygens (including phenoxy) is 1. The van der Waals surface area contributed by atoms with Gasteiger partial charge >= 0.3 is 0 Å². The van der Waals surface area contributed by atoms with Crippen LogP contribution in [0.25, 0.3) is 0 Å². The van der Waals surface area contributed by atoms with Gasteiger partial charge in [0.25, 0.3) is 0 Å². The molecule has 0 aliphatic carbocycles. The van der Waals surface area contributed by atoms with Gasteiger partial charge in [-0.1, -0.05) is 24.3 Å². The molecule has 1 aromatic carbocycles. The maximum absolute atomic E-state index is 5.58. The van der Waals surface area contributed by atoms with Crippen molar-refractivity contribution in [2.24, 2.45) is 5.73 Å². The van der Waals surface area contributed by atoms with Gasteiger partial charge in [0.05, 0.1) is 6.61 Å². The van der Waals surface area contributed by atoms with Crippen molar-refractivity contribution in [3.05, 3.63) is 35.4 Å². The van der Waals surface area contributed by atoms with E-state index in [1.165, 1.54) is 17.5 Å². The van der Waals surface area contributed by atoms with E-state index in [0.717, 1.165) is 26.2 Å². The molecule has 94 valence electrons. The van der Waals surface area contributed by atoms with E-state index in [-0.39, 0.29) is 5.54 Å². The summed E-state index contributed by atoms with van der Waals surface area (Å²) in [7, 11) is 0. The zero-order valence-electron chi connectivity index (χ0n) is 10.5. The molecule has 0 saturated carbocycles. The van der Waals surface area contributed by atoms with Crippen LogP contribution in [0.15, 0.2) is 24.3 Å². The summed E-state index contributed by atoms with van der Waals surface area (Å²) in [4.78, 5) is 0. The van der Waals surface area contributed by atoms with Crippen LogP contribution in [0.1, 0.15) is 30.9 Å². The van der Waals surface area contributed by atoms with Crippen LogP contribution in [0, 0.1) is 0 Å². The first-order valence-corrected chi connectivity index (χ1v) is 6.32. The van der Waals surface area contributed by atoms with Crippen molar-refractivity contribution >= 4 is 0 Å². The number of nitrogens with one attached hydrogen (secondary N) is 1. The molecule has 3 N–H and O–H groups in total. The number of hydrogen-bond donors (Lipinski definition) is 2. The lowest BCUT2D eigenvalue weighted by Crippen LogP contribution is -2.48. The Hall–Kier alpha value is -0.900. The Bertz CT molecular complexity index is 342. The molecule has 2 rings (SSSR count). The minimum absolute atomic E-state index is 0.130. The van der Waals surface area contributed by atoms with Gasteiger partial charge in [0.15, 0.2) is 0 Å². The minimum Gasteiger partial charge on any atom is -0.380 e. The predicted molar refractivity (Wildman–Crippen MR) is 69.6 cm³/mol. The van der Waals surface area contributed by atoms with Gasteiger partial charge in [0.2, 0.25) is 0 Å². The van der Waals surface area contributed by atoms with E-state index in [2.05, 4.69) is 36.5 Å². The van der Waals surface area contributed by atoms with E-state index in [1.54, 1.807) is 0 Å². The predicted octanol–water partition coefficient (Wildman–Crippen LogP) is 1.80. The Kier molecular flexibility index (Phi) is 4.15. The monoisotopic (exact) mass is 234 g/mol. The average Bonchev–Trinajstić information content (AvgIpc) is 2.38. The van der Waals surface area contributed by atoms with E-state index < -0.39 is 0 Å². The summed E-state index contributed by atoms with van der Waals surface area (Å²) in [5.41, 5.74) is 8.19. The molecule has 1 aliphatic rings. The van der Waals surface area contributed by atoms with E-state index in [1.807, 2.05) is 0 Å². The number of rotatable bonds is 4. The Morgan fingerprint density at radius 2 is 2.00 bits per heavy atom. The minimum atomic E-state index is 0.130. The van der Waals surface area contributed by atoms with Crippen molar-refractivity contribution in [1.82, 2.24) is 5.32 Å². The van der Waals surface area contributed by atoms with Crippen LogP contribution in [0.2, 0.25) is 0 Å².